The molecule has 1 rings (SSSR count). The lowest BCUT2D eigenvalue weighted by atomic mass is 10.2. The number of carbonyl (C=O) groups excluding carboxylic acids is 1. The highest BCUT2D eigenvalue weighted by Gasteiger charge is 2.18. The Balaban J connectivity index is 2.80. The van der Waals surface area contributed by atoms with Crippen LogP contribution in [-0.2, 0) is 4.79 Å². The molecule has 0 aliphatic rings. The SMILES string of the molecule is CC(=O)CC(C)Oc1cccnc1[N+](=O)[O-]. The second kappa shape index (κ2) is 5.20. The maximum absolute atomic E-state index is 10.8. The number of ether oxygens (including phenoxy) is 1. The van der Waals surface area contributed by atoms with Gasteiger partial charge in [-0.15, -0.1) is 0 Å². The number of nitro groups is 1. The summed E-state index contributed by atoms with van der Waals surface area (Å²) < 4.78 is 5.29. The Bertz CT molecular complexity index is 406. The maximum Gasteiger partial charge on any atom is 0.406 e. The van der Waals surface area contributed by atoms with E-state index in [9.17, 15) is 14.9 Å². The van der Waals surface area contributed by atoms with Gasteiger partial charge >= 0.3 is 5.82 Å². The van der Waals surface area contributed by atoms with E-state index in [2.05, 4.69) is 4.98 Å². The second-order valence-corrected chi connectivity index (χ2v) is 3.42. The molecule has 16 heavy (non-hydrogen) atoms. The highest BCUT2D eigenvalue weighted by molar-refractivity contribution is 5.75. The van der Waals surface area contributed by atoms with Crippen LogP contribution in [0.1, 0.15) is 20.3 Å². The minimum absolute atomic E-state index is 0.0287. The van der Waals surface area contributed by atoms with E-state index in [1.54, 1.807) is 13.0 Å². The highest BCUT2D eigenvalue weighted by atomic mass is 16.6. The minimum Gasteiger partial charge on any atom is -0.482 e. The van der Waals surface area contributed by atoms with Gasteiger partial charge in [0.15, 0.2) is 0 Å². The van der Waals surface area contributed by atoms with Crippen molar-refractivity contribution in [1.29, 1.82) is 0 Å². The van der Waals surface area contributed by atoms with E-state index in [-0.39, 0.29) is 23.8 Å². The van der Waals surface area contributed by atoms with Gasteiger partial charge in [-0.1, -0.05) is 0 Å². The van der Waals surface area contributed by atoms with Gasteiger partial charge in [0, 0.05) is 6.42 Å². The molecule has 1 aromatic rings. The first-order chi connectivity index (χ1) is 7.50. The normalized spacial score (nSPS) is 11.9. The van der Waals surface area contributed by atoms with Crippen LogP contribution in [0.4, 0.5) is 5.82 Å². The van der Waals surface area contributed by atoms with E-state index in [0.29, 0.717) is 0 Å². The van der Waals surface area contributed by atoms with Gasteiger partial charge < -0.3 is 14.9 Å². The number of carbonyl (C=O) groups is 1. The van der Waals surface area contributed by atoms with Crippen molar-refractivity contribution in [3.8, 4) is 5.75 Å². The molecule has 1 atom stereocenters. The number of nitrogens with zero attached hydrogens (tertiary/aromatic N) is 2. The van der Waals surface area contributed by atoms with Crippen molar-refractivity contribution in [1.82, 2.24) is 4.98 Å². The zero-order valence-electron chi connectivity index (χ0n) is 9.04. The van der Waals surface area contributed by atoms with Crippen LogP contribution in [-0.4, -0.2) is 21.8 Å². The number of hydrogen-bond acceptors (Lipinski definition) is 5. The van der Waals surface area contributed by atoms with Crippen LogP contribution >= 0.6 is 0 Å². The zero-order valence-corrected chi connectivity index (χ0v) is 9.04. The van der Waals surface area contributed by atoms with E-state index in [4.69, 9.17) is 4.74 Å². The summed E-state index contributed by atoms with van der Waals surface area (Å²) in [6, 6.07) is 3.00. The van der Waals surface area contributed by atoms with Crippen LogP contribution in [0.3, 0.4) is 0 Å². The standard InChI is InChI=1S/C10H12N2O4/c1-7(13)6-8(2)16-9-4-3-5-11-10(9)12(14)15/h3-5,8H,6H2,1-2H3. The number of ketones is 1. The molecule has 0 spiro atoms. The lowest BCUT2D eigenvalue weighted by molar-refractivity contribution is -0.390. The van der Waals surface area contributed by atoms with Crippen molar-refractivity contribution in [2.45, 2.75) is 26.4 Å². The Labute approximate surface area is 92.4 Å². The molecule has 6 nitrogen and oxygen atoms in total. The average Bonchev–Trinajstić information content (AvgIpc) is 2.16. The molecule has 1 unspecified atom stereocenters. The molecule has 86 valence electrons. The molecule has 0 radical (unpaired) electrons. The van der Waals surface area contributed by atoms with E-state index in [1.807, 2.05) is 0 Å². The van der Waals surface area contributed by atoms with Gasteiger partial charge in [0.05, 0.1) is 0 Å². The van der Waals surface area contributed by atoms with Gasteiger partial charge in [0.25, 0.3) is 0 Å². The molecular formula is C10H12N2O4. The topological polar surface area (TPSA) is 82.3 Å². The molecule has 0 saturated carbocycles. The Morgan fingerprint density at radius 1 is 1.69 bits per heavy atom. The molecule has 0 saturated heterocycles. The third-order valence-electron chi connectivity index (χ3n) is 1.83. The molecule has 0 aliphatic carbocycles. The smallest absolute Gasteiger partial charge is 0.406 e. The molecule has 1 aromatic heterocycles. The summed E-state index contributed by atoms with van der Waals surface area (Å²) in [7, 11) is 0. The summed E-state index contributed by atoms with van der Waals surface area (Å²) in [5.74, 6) is -0.279. The predicted molar refractivity (Wildman–Crippen MR) is 56.3 cm³/mol. The monoisotopic (exact) mass is 224 g/mol. The van der Waals surface area contributed by atoms with Gasteiger partial charge in [-0.05, 0) is 35.9 Å². The number of pyridine rings is 1. The van der Waals surface area contributed by atoms with Gasteiger partial charge in [-0.2, -0.15) is 0 Å². The molecule has 0 amide bonds. The van der Waals surface area contributed by atoms with Crippen molar-refractivity contribution in [3.63, 3.8) is 0 Å². The van der Waals surface area contributed by atoms with Crippen LogP contribution in [0.5, 0.6) is 5.75 Å². The molecular weight excluding hydrogens is 212 g/mol. The van der Waals surface area contributed by atoms with Gasteiger partial charge in [-0.25, -0.2) is 0 Å². The van der Waals surface area contributed by atoms with Crippen molar-refractivity contribution >= 4 is 11.6 Å². The summed E-state index contributed by atoms with van der Waals surface area (Å²) in [4.78, 5) is 24.4. The highest BCUT2D eigenvalue weighted by Crippen LogP contribution is 2.24. The van der Waals surface area contributed by atoms with Crippen molar-refractivity contribution < 1.29 is 14.5 Å². The summed E-state index contributed by atoms with van der Waals surface area (Å²) >= 11 is 0. The largest absolute Gasteiger partial charge is 0.482 e. The fraction of sp³-hybridized carbons (Fsp3) is 0.400. The van der Waals surface area contributed by atoms with Crippen LogP contribution in [0.2, 0.25) is 0 Å². The fourth-order valence-corrected chi connectivity index (χ4v) is 1.27. The van der Waals surface area contributed by atoms with Crippen LogP contribution in [0.25, 0.3) is 0 Å². The number of aromatic nitrogens is 1. The van der Waals surface area contributed by atoms with E-state index >= 15 is 0 Å². The first kappa shape index (κ1) is 12.1. The molecule has 0 aliphatic heterocycles. The maximum atomic E-state index is 10.8. The molecule has 0 aromatic carbocycles. The van der Waals surface area contributed by atoms with Crippen LogP contribution < -0.4 is 4.74 Å². The summed E-state index contributed by atoms with van der Waals surface area (Å²) in [6.07, 6.45) is 1.13. The Morgan fingerprint density at radius 2 is 2.38 bits per heavy atom. The van der Waals surface area contributed by atoms with Crippen molar-refractivity contribution in [2.24, 2.45) is 0 Å². The molecule has 1 heterocycles. The third-order valence-corrected chi connectivity index (χ3v) is 1.83. The van der Waals surface area contributed by atoms with Gasteiger partial charge in [-0.3, -0.25) is 4.79 Å². The second-order valence-electron chi connectivity index (χ2n) is 3.42. The number of Topliss-reactive ketones (excluding diaryl/α,β-unsaturated/α-hetero) is 1. The van der Waals surface area contributed by atoms with Gasteiger partial charge in [0.2, 0.25) is 5.75 Å². The average molecular weight is 224 g/mol. The van der Waals surface area contributed by atoms with Crippen molar-refractivity contribution in [3.05, 3.63) is 28.4 Å². The van der Waals surface area contributed by atoms with Crippen LogP contribution in [0, 0.1) is 10.1 Å². The summed E-state index contributed by atoms with van der Waals surface area (Å²) in [5.41, 5.74) is 0. The van der Waals surface area contributed by atoms with E-state index in [0.717, 1.165) is 0 Å². The Kier molecular flexibility index (Phi) is 3.93. The molecule has 6 heteroatoms. The summed E-state index contributed by atoms with van der Waals surface area (Å²) in [5, 5.41) is 10.6. The van der Waals surface area contributed by atoms with Crippen LogP contribution in [0.15, 0.2) is 18.3 Å². The quantitative estimate of drug-likeness (QED) is 0.562. The molecule has 0 bridgehead atoms. The first-order valence-electron chi connectivity index (χ1n) is 4.76. The Morgan fingerprint density at radius 3 is 2.94 bits per heavy atom. The number of hydrogen-bond donors (Lipinski definition) is 0. The summed E-state index contributed by atoms with van der Waals surface area (Å²) in [6.45, 7) is 3.12. The fourth-order valence-electron chi connectivity index (χ4n) is 1.27. The van der Waals surface area contributed by atoms with E-state index < -0.39 is 11.0 Å². The molecule has 0 N–H and O–H groups in total. The molecule has 0 fully saturated rings. The predicted octanol–water partition coefficient (Wildman–Crippen LogP) is 1.74. The minimum atomic E-state index is -0.615. The first-order valence-corrected chi connectivity index (χ1v) is 4.76. The zero-order chi connectivity index (χ0) is 12.1. The number of rotatable bonds is 5. The lowest BCUT2D eigenvalue weighted by Crippen LogP contribution is -2.16. The van der Waals surface area contributed by atoms with Gasteiger partial charge in [0.1, 0.15) is 18.1 Å². The lowest BCUT2D eigenvalue weighted by Gasteiger charge is -2.12. The third kappa shape index (κ3) is 3.30. The van der Waals surface area contributed by atoms with E-state index in [1.165, 1.54) is 19.2 Å². The Hall–Kier alpha value is -1.98. The van der Waals surface area contributed by atoms with Crippen molar-refractivity contribution in [2.75, 3.05) is 0 Å².